The summed E-state index contributed by atoms with van der Waals surface area (Å²) in [6.07, 6.45) is -2.82. The molecule has 0 aliphatic carbocycles. The molecule has 1 aromatic heterocycles. The number of fused-ring (bicyclic) bond motifs is 2. The smallest absolute Gasteiger partial charge is 0.278 e. The fraction of sp³-hybridized carbons (Fsp3) is 0.143. The highest BCUT2D eigenvalue weighted by Crippen LogP contribution is 2.43. The number of benzene rings is 2. The van der Waals surface area contributed by atoms with Crippen molar-refractivity contribution in [2.24, 2.45) is 0 Å². The number of aromatic nitrogens is 1. The molecule has 7 heteroatoms. The lowest BCUT2D eigenvalue weighted by molar-refractivity contribution is 0.0939. The van der Waals surface area contributed by atoms with Crippen LogP contribution in [-0.4, -0.2) is 10.9 Å². The molecule has 0 fully saturated rings. The molecule has 1 amide bonds. The Morgan fingerprint density at radius 3 is 2.57 bits per heavy atom. The first kappa shape index (κ1) is 17.9. The van der Waals surface area contributed by atoms with E-state index in [4.69, 9.17) is 4.74 Å². The van der Waals surface area contributed by atoms with Gasteiger partial charge in [-0.1, -0.05) is 30.3 Å². The van der Waals surface area contributed by atoms with Crippen molar-refractivity contribution in [1.82, 2.24) is 10.3 Å². The van der Waals surface area contributed by atoms with Crippen molar-refractivity contribution in [3.05, 3.63) is 92.9 Å². The minimum atomic E-state index is -2.82. The van der Waals surface area contributed by atoms with Gasteiger partial charge in [-0.3, -0.25) is 9.59 Å². The van der Waals surface area contributed by atoms with Crippen LogP contribution in [0.4, 0.5) is 8.78 Å². The SMILES string of the molecule is Cc1ccc2c(c1)Oc1ccccc1C2NC(=O)c1ccc(C(F)F)[nH]c1=O. The number of pyridine rings is 1. The minimum absolute atomic E-state index is 0.234. The summed E-state index contributed by atoms with van der Waals surface area (Å²) in [5.41, 5.74) is 0.869. The van der Waals surface area contributed by atoms with E-state index in [1.807, 2.05) is 48.3 Å². The van der Waals surface area contributed by atoms with E-state index < -0.39 is 29.6 Å². The monoisotopic (exact) mass is 382 g/mol. The number of hydrogen-bond donors (Lipinski definition) is 2. The number of alkyl halides is 2. The van der Waals surface area contributed by atoms with Gasteiger partial charge in [0.2, 0.25) is 0 Å². The molecule has 0 saturated heterocycles. The number of para-hydroxylation sites is 1. The molecule has 142 valence electrons. The van der Waals surface area contributed by atoms with Gasteiger partial charge in [0.15, 0.2) is 0 Å². The van der Waals surface area contributed by atoms with Crippen LogP contribution in [0.3, 0.4) is 0 Å². The summed E-state index contributed by atoms with van der Waals surface area (Å²) in [4.78, 5) is 26.9. The lowest BCUT2D eigenvalue weighted by Gasteiger charge is -2.29. The van der Waals surface area contributed by atoms with Gasteiger partial charge in [0.25, 0.3) is 17.9 Å². The van der Waals surface area contributed by atoms with Crippen LogP contribution < -0.4 is 15.6 Å². The van der Waals surface area contributed by atoms with Gasteiger partial charge in [-0.15, -0.1) is 0 Å². The standard InChI is InChI=1S/C21H16F2N2O3/c1-11-6-7-13-17(10-11)28-16-5-3-2-4-12(16)18(13)25-21(27)14-8-9-15(19(22)23)24-20(14)26/h2-10,18-19H,1H3,(H,24,26)(H,25,27). The quantitative estimate of drug-likeness (QED) is 0.712. The molecule has 0 radical (unpaired) electrons. The van der Waals surface area contributed by atoms with E-state index >= 15 is 0 Å². The molecule has 1 unspecified atom stereocenters. The number of halogens is 2. The Balaban J connectivity index is 1.72. The number of amides is 1. The molecule has 1 aliphatic rings. The molecule has 0 saturated carbocycles. The van der Waals surface area contributed by atoms with Gasteiger partial charge in [0, 0.05) is 11.1 Å². The number of aromatic amines is 1. The van der Waals surface area contributed by atoms with E-state index in [9.17, 15) is 18.4 Å². The maximum absolute atomic E-state index is 12.7. The number of nitrogens with one attached hydrogen (secondary N) is 2. The zero-order valence-corrected chi connectivity index (χ0v) is 14.8. The van der Waals surface area contributed by atoms with Crippen LogP contribution in [0.2, 0.25) is 0 Å². The Bertz CT molecular complexity index is 1120. The second-order valence-corrected chi connectivity index (χ2v) is 6.54. The number of aryl methyl sites for hydroxylation is 1. The van der Waals surface area contributed by atoms with Crippen molar-refractivity contribution < 1.29 is 18.3 Å². The van der Waals surface area contributed by atoms with Gasteiger partial charge in [-0.2, -0.15) is 0 Å². The Morgan fingerprint density at radius 2 is 1.82 bits per heavy atom. The van der Waals surface area contributed by atoms with Crippen LogP contribution in [0.1, 0.15) is 45.2 Å². The Kier molecular flexibility index (Phi) is 4.43. The highest BCUT2D eigenvalue weighted by Gasteiger charge is 2.29. The van der Waals surface area contributed by atoms with E-state index in [-0.39, 0.29) is 5.56 Å². The summed E-state index contributed by atoms with van der Waals surface area (Å²) in [5, 5.41) is 2.83. The van der Waals surface area contributed by atoms with Crippen molar-refractivity contribution in [2.75, 3.05) is 0 Å². The molecular weight excluding hydrogens is 366 g/mol. The van der Waals surface area contributed by atoms with Gasteiger partial charge in [-0.25, -0.2) is 8.78 Å². The Hall–Kier alpha value is -3.48. The molecule has 0 spiro atoms. The number of H-pyrrole nitrogens is 1. The highest BCUT2D eigenvalue weighted by molar-refractivity contribution is 5.94. The highest BCUT2D eigenvalue weighted by atomic mass is 19.3. The second-order valence-electron chi connectivity index (χ2n) is 6.54. The number of carbonyl (C=O) groups is 1. The molecule has 2 N–H and O–H groups in total. The minimum Gasteiger partial charge on any atom is -0.457 e. The lowest BCUT2D eigenvalue weighted by Crippen LogP contribution is -2.34. The lowest BCUT2D eigenvalue weighted by atomic mass is 9.93. The van der Waals surface area contributed by atoms with Gasteiger partial charge in [-0.05, 0) is 36.8 Å². The van der Waals surface area contributed by atoms with Crippen LogP contribution in [0.5, 0.6) is 11.5 Å². The first-order valence-electron chi connectivity index (χ1n) is 8.63. The molecule has 5 nitrogen and oxygen atoms in total. The van der Waals surface area contributed by atoms with E-state index in [1.165, 1.54) is 0 Å². The van der Waals surface area contributed by atoms with E-state index in [0.29, 0.717) is 11.5 Å². The predicted octanol–water partition coefficient (Wildman–Crippen LogP) is 4.25. The Labute approximate surface area is 159 Å². The topological polar surface area (TPSA) is 71.2 Å². The van der Waals surface area contributed by atoms with Crippen molar-refractivity contribution in [3.63, 3.8) is 0 Å². The van der Waals surface area contributed by atoms with Crippen molar-refractivity contribution >= 4 is 5.91 Å². The normalized spacial score (nSPS) is 14.8. The molecule has 3 aromatic rings. The molecule has 4 rings (SSSR count). The molecular formula is C21H16F2N2O3. The van der Waals surface area contributed by atoms with Crippen molar-refractivity contribution in [2.45, 2.75) is 19.4 Å². The molecule has 2 aromatic carbocycles. The summed E-state index contributed by atoms with van der Waals surface area (Å²) in [6, 6.07) is 14.5. The summed E-state index contributed by atoms with van der Waals surface area (Å²) in [7, 11) is 0. The molecule has 28 heavy (non-hydrogen) atoms. The number of ether oxygens (including phenoxy) is 1. The van der Waals surface area contributed by atoms with Gasteiger partial charge >= 0.3 is 0 Å². The fourth-order valence-corrected chi connectivity index (χ4v) is 3.23. The third kappa shape index (κ3) is 3.15. The predicted molar refractivity (Wildman–Crippen MR) is 99.0 cm³/mol. The number of hydrogen-bond acceptors (Lipinski definition) is 3. The molecule has 0 bridgehead atoms. The van der Waals surface area contributed by atoms with E-state index in [2.05, 4.69) is 5.32 Å². The summed E-state index contributed by atoms with van der Waals surface area (Å²) in [5.74, 6) is 0.564. The first-order valence-corrected chi connectivity index (χ1v) is 8.63. The van der Waals surface area contributed by atoms with Crippen LogP contribution in [0, 0.1) is 6.92 Å². The van der Waals surface area contributed by atoms with E-state index in [0.717, 1.165) is 28.8 Å². The van der Waals surface area contributed by atoms with Gasteiger partial charge in [0.1, 0.15) is 17.1 Å². The third-order valence-electron chi connectivity index (χ3n) is 4.62. The van der Waals surface area contributed by atoms with Gasteiger partial charge in [0.05, 0.1) is 11.7 Å². The van der Waals surface area contributed by atoms with Crippen molar-refractivity contribution in [3.8, 4) is 11.5 Å². The van der Waals surface area contributed by atoms with Crippen LogP contribution in [0.15, 0.2) is 59.4 Å². The maximum atomic E-state index is 12.7. The zero-order valence-electron chi connectivity index (χ0n) is 14.8. The zero-order chi connectivity index (χ0) is 19.8. The maximum Gasteiger partial charge on any atom is 0.278 e. The average molecular weight is 382 g/mol. The number of carbonyl (C=O) groups excluding carboxylic acids is 1. The second kappa shape index (κ2) is 6.92. The molecule has 1 aliphatic heterocycles. The van der Waals surface area contributed by atoms with Crippen LogP contribution >= 0.6 is 0 Å². The van der Waals surface area contributed by atoms with Crippen LogP contribution in [0.25, 0.3) is 0 Å². The number of rotatable bonds is 3. The van der Waals surface area contributed by atoms with Crippen LogP contribution in [-0.2, 0) is 0 Å². The Morgan fingerprint density at radius 1 is 1.07 bits per heavy atom. The average Bonchev–Trinajstić information content (AvgIpc) is 2.67. The molecule has 1 atom stereocenters. The molecule has 2 heterocycles. The first-order chi connectivity index (χ1) is 13.4. The largest absolute Gasteiger partial charge is 0.457 e. The summed E-state index contributed by atoms with van der Waals surface area (Å²) < 4.78 is 31.4. The fourth-order valence-electron chi connectivity index (χ4n) is 3.23. The van der Waals surface area contributed by atoms with Crippen molar-refractivity contribution in [1.29, 1.82) is 0 Å². The van der Waals surface area contributed by atoms with E-state index in [1.54, 1.807) is 6.07 Å². The van der Waals surface area contributed by atoms with Gasteiger partial charge < -0.3 is 15.0 Å². The summed E-state index contributed by atoms with van der Waals surface area (Å²) >= 11 is 0. The third-order valence-corrected chi connectivity index (χ3v) is 4.62. The summed E-state index contributed by atoms with van der Waals surface area (Å²) in [6.45, 7) is 1.93.